The Bertz CT molecular complexity index is 1300. The SMILES string of the molecule is COc1ccc(-n2c(SC(C(=O)NC3CC3)c3ccccc3)nnc2-c2ccccc2OC)cc1. The molecule has 1 N–H and O–H groups in total. The van der Waals surface area contributed by atoms with E-state index in [9.17, 15) is 4.79 Å². The molecule has 0 spiro atoms. The van der Waals surface area contributed by atoms with E-state index in [1.807, 2.05) is 83.4 Å². The van der Waals surface area contributed by atoms with E-state index in [2.05, 4.69) is 15.5 Å². The van der Waals surface area contributed by atoms with Crippen molar-refractivity contribution in [1.29, 1.82) is 0 Å². The van der Waals surface area contributed by atoms with Crippen LogP contribution in [0.3, 0.4) is 0 Å². The van der Waals surface area contributed by atoms with Crippen molar-refractivity contribution in [2.45, 2.75) is 29.3 Å². The fourth-order valence-corrected chi connectivity index (χ4v) is 4.89. The first-order valence-electron chi connectivity index (χ1n) is 11.4. The maximum absolute atomic E-state index is 13.3. The molecule has 178 valence electrons. The predicted octanol–water partition coefficient (Wildman–Crippen LogP) is 5.06. The number of carbonyl (C=O) groups is 1. The van der Waals surface area contributed by atoms with Crippen molar-refractivity contribution >= 4 is 17.7 Å². The molecule has 1 aliphatic rings. The van der Waals surface area contributed by atoms with Crippen LogP contribution in [0.15, 0.2) is 84.0 Å². The van der Waals surface area contributed by atoms with Crippen molar-refractivity contribution in [3.05, 3.63) is 84.4 Å². The van der Waals surface area contributed by atoms with Crippen molar-refractivity contribution in [3.63, 3.8) is 0 Å². The summed E-state index contributed by atoms with van der Waals surface area (Å²) < 4.78 is 12.9. The highest BCUT2D eigenvalue weighted by Crippen LogP contribution is 2.39. The van der Waals surface area contributed by atoms with Crippen LogP contribution in [-0.2, 0) is 4.79 Å². The van der Waals surface area contributed by atoms with Gasteiger partial charge in [-0.15, -0.1) is 10.2 Å². The minimum atomic E-state index is -0.469. The fraction of sp³-hybridized carbons (Fsp3) is 0.222. The standard InChI is InChI=1S/C27H26N4O3S/c1-33-21-16-14-20(15-17-21)31-25(22-10-6-7-11-23(22)34-2)29-30-27(31)35-24(18-8-4-3-5-9-18)26(32)28-19-12-13-19/h3-11,14-17,19,24H,12-13H2,1-2H3,(H,28,32). The summed E-state index contributed by atoms with van der Waals surface area (Å²) in [7, 11) is 3.27. The minimum absolute atomic E-state index is 0.0215. The molecule has 0 bridgehead atoms. The lowest BCUT2D eigenvalue weighted by atomic mass is 10.1. The second-order valence-corrected chi connectivity index (χ2v) is 9.30. The summed E-state index contributed by atoms with van der Waals surface area (Å²) in [6.07, 6.45) is 2.05. The van der Waals surface area contributed by atoms with E-state index in [0.29, 0.717) is 16.7 Å². The molecule has 3 aromatic carbocycles. The third kappa shape index (κ3) is 5.02. The zero-order chi connectivity index (χ0) is 24.2. The van der Waals surface area contributed by atoms with E-state index in [4.69, 9.17) is 9.47 Å². The van der Waals surface area contributed by atoms with E-state index >= 15 is 0 Å². The smallest absolute Gasteiger partial charge is 0.238 e. The molecule has 35 heavy (non-hydrogen) atoms. The number of hydrogen-bond acceptors (Lipinski definition) is 6. The Morgan fingerprint density at radius 1 is 0.943 bits per heavy atom. The highest BCUT2D eigenvalue weighted by molar-refractivity contribution is 8.00. The number of amides is 1. The van der Waals surface area contributed by atoms with Crippen LogP contribution >= 0.6 is 11.8 Å². The summed E-state index contributed by atoms with van der Waals surface area (Å²) in [6.45, 7) is 0. The summed E-state index contributed by atoms with van der Waals surface area (Å²) in [6, 6.07) is 25.4. The van der Waals surface area contributed by atoms with Crippen LogP contribution in [0.4, 0.5) is 0 Å². The lowest BCUT2D eigenvalue weighted by molar-refractivity contribution is -0.120. The average molecular weight is 487 g/mol. The molecule has 1 aliphatic carbocycles. The Balaban J connectivity index is 1.60. The van der Waals surface area contributed by atoms with Gasteiger partial charge < -0.3 is 14.8 Å². The fourth-order valence-electron chi connectivity index (χ4n) is 3.82. The zero-order valence-corrected chi connectivity index (χ0v) is 20.4. The summed E-state index contributed by atoms with van der Waals surface area (Å²) in [5.41, 5.74) is 2.58. The van der Waals surface area contributed by atoms with Gasteiger partial charge in [-0.1, -0.05) is 54.2 Å². The minimum Gasteiger partial charge on any atom is -0.497 e. The van der Waals surface area contributed by atoms with Crippen LogP contribution in [0.2, 0.25) is 0 Å². The van der Waals surface area contributed by atoms with Crippen molar-refractivity contribution in [2.24, 2.45) is 0 Å². The second-order valence-electron chi connectivity index (χ2n) is 8.23. The molecule has 7 nitrogen and oxygen atoms in total. The van der Waals surface area contributed by atoms with E-state index in [0.717, 1.165) is 35.4 Å². The molecule has 1 unspecified atom stereocenters. The molecule has 0 saturated heterocycles. The first-order chi connectivity index (χ1) is 17.2. The molecule has 1 fully saturated rings. The number of hydrogen-bond donors (Lipinski definition) is 1. The molecule has 4 aromatic rings. The van der Waals surface area contributed by atoms with Crippen molar-refractivity contribution < 1.29 is 14.3 Å². The molecule has 1 amide bonds. The van der Waals surface area contributed by atoms with Crippen molar-refractivity contribution in [1.82, 2.24) is 20.1 Å². The number of ether oxygens (including phenoxy) is 2. The average Bonchev–Trinajstić information content (AvgIpc) is 3.63. The van der Waals surface area contributed by atoms with Crippen molar-refractivity contribution in [3.8, 4) is 28.6 Å². The summed E-state index contributed by atoms with van der Waals surface area (Å²) in [5, 5.41) is 12.4. The van der Waals surface area contributed by atoms with Crippen LogP contribution in [0.25, 0.3) is 17.1 Å². The lowest BCUT2D eigenvalue weighted by Crippen LogP contribution is -2.29. The first-order valence-corrected chi connectivity index (χ1v) is 12.3. The van der Waals surface area contributed by atoms with Gasteiger partial charge in [0.1, 0.15) is 16.7 Å². The normalized spacial score (nSPS) is 13.8. The third-order valence-corrected chi connectivity index (χ3v) is 7.00. The molecule has 1 atom stereocenters. The first kappa shape index (κ1) is 23.0. The van der Waals surface area contributed by atoms with Gasteiger partial charge in [0.2, 0.25) is 5.91 Å². The molecule has 1 heterocycles. The van der Waals surface area contributed by atoms with Crippen LogP contribution < -0.4 is 14.8 Å². The maximum Gasteiger partial charge on any atom is 0.238 e. The van der Waals surface area contributed by atoms with Gasteiger partial charge in [0.25, 0.3) is 0 Å². The lowest BCUT2D eigenvalue weighted by Gasteiger charge is -2.18. The van der Waals surface area contributed by atoms with E-state index < -0.39 is 5.25 Å². The second kappa shape index (κ2) is 10.2. The Hall–Kier alpha value is -3.78. The third-order valence-electron chi connectivity index (χ3n) is 5.80. The Morgan fingerprint density at radius 2 is 1.66 bits per heavy atom. The Labute approximate surface area is 208 Å². The van der Waals surface area contributed by atoms with Gasteiger partial charge in [-0.3, -0.25) is 9.36 Å². The number of aromatic nitrogens is 3. The number of para-hydroxylation sites is 1. The number of nitrogens with zero attached hydrogens (tertiary/aromatic N) is 3. The summed E-state index contributed by atoms with van der Waals surface area (Å²) >= 11 is 1.39. The van der Waals surface area contributed by atoms with Gasteiger partial charge in [-0.2, -0.15) is 0 Å². The molecule has 0 radical (unpaired) electrons. The van der Waals surface area contributed by atoms with E-state index in [1.54, 1.807) is 14.2 Å². The van der Waals surface area contributed by atoms with Crippen LogP contribution in [0, 0.1) is 0 Å². The summed E-state index contributed by atoms with van der Waals surface area (Å²) in [5.74, 6) is 2.05. The van der Waals surface area contributed by atoms with Crippen molar-refractivity contribution in [2.75, 3.05) is 14.2 Å². The van der Waals surface area contributed by atoms with Gasteiger partial charge in [-0.25, -0.2) is 0 Å². The number of thioether (sulfide) groups is 1. The van der Waals surface area contributed by atoms with Gasteiger partial charge in [-0.05, 0) is 54.8 Å². The van der Waals surface area contributed by atoms with Gasteiger partial charge >= 0.3 is 0 Å². The Kier molecular flexibility index (Phi) is 6.72. The number of carbonyl (C=O) groups excluding carboxylic acids is 1. The van der Waals surface area contributed by atoms with E-state index in [-0.39, 0.29) is 11.9 Å². The predicted molar refractivity (Wildman–Crippen MR) is 136 cm³/mol. The van der Waals surface area contributed by atoms with Gasteiger partial charge in [0.05, 0.1) is 25.5 Å². The highest BCUT2D eigenvalue weighted by Gasteiger charge is 2.31. The summed E-state index contributed by atoms with van der Waals surface area (Å²) in [4.78, 5) is 13.3. The van der Waals surface area contributed by atoms with Crippen LogP contribution in [0.1, 0.15) is 23.7 Å². The number of rotatable bonds is 9. The molecular weight excluding hydrogens is 460 g/mol. The molecule has 5 rings (SSSR count). The number of benzene rings is 3. The quantitative estimate of drug-likeness (QED) is 0.333. The Morgan fingerprint density at radius 3 is 2.34 bits per heavy atom. The van der Waals surface area contributed by atoms with Gasteiger partial charge in [0.15, 0.2) is 11.0 Å². The topological polar surface area (TPSA) is 78.3 Å². The number of nitrogens with one attached hydrogen (secondary N) is 1. The zero-order valence-electron chi connectivity index (χ0n) is 19.5. The van der Waals surface area contributed by atoms with E-state index in [1.165, 1.54) is 11.8 Å². The van der Waals surface area contributed by atoms with Crippen LogP contribution in [0.5, 0.6) is 11.5 Å². The molecular formula is C27H26N4O3S. The monoisotopic (exact) mass is 486 g/mol. The molecule has 0 aliphatic heterocycles. The van der Waals surface area contributed by atoms with Gasteiger partial charge in [0, 0.05) is 6.04 Å². The maximum atomic E-state index is 13.3. The number of methoxy groups -OCH3 is 2. The molecule has 8 heteroatoms. The van der Waals surface area contributed by atoms with Crippen LogP contribution in [-0.4, -0.2) is 40.9 Å². The molecule has 1 saturated carbocycles. The molecule has 1 aromatic heterocycles. The largest absolute Gasteiger partial charge is 0.497 e. The highest BCUT2D eigenvalue weighted by atomic mass is 32.2.